The summed E-state index contributed by atoms with van der Waals surface area (Å²) in [5.74, 6) is 0.272. The second-order valence-corrected chi connectivity index (χ2v) is 7.01. The summed E-state index contributed by atoms with van der Waals surface area (Å²) in [6.45, 7) is 2.02. The molecule has 0 radical (unpaired) electrons. The van der Waals surface area contributed by atoms with Gasteiger partial charge in [0, 0.05) is 16.1 Å². The molecule has 2 N–H and O–H groups in total. The van der Waals surface area contributed by atoms with Crippen LogP contribution in [-0.4, -0.2) is 30.3 Å². The van der Waals surface area contributed by atoms with E-state index in [9.17, 15) is 9.90 Å². The highest BCUT2D eigenvalue weighted by atomic mass is 32.1. The molecule has 27 heavy (non-hydrogen) atoms. The van der Waals surface area contributed by atoms with Crippen molar-refractivity contribution in [1.82, 2.24) is 4.98 Å². The highest BCUT2D eigenvalue weighted by Crippen LogP contribution is 2.37. The van der Waals surface area contributed by atoms with E-state index in [1.165, 1.54) is 11.3 Å². The molecular formula is C20H20N2O4S. The van der Waals surface area contributed by atoms with Gasteiger partial charge in [-0.3, -0.25) is 4.79 Å². The maximum Gasteiger partial charge on any atom is 0.308 e. The Bertz CT molecular complexity index is 951. The van der Waals surface area contributed by atoms with Crippen molar-refractivity contribution in [2.24, 2.45) is 0 Å². The average Bonchev–Trinajstić information content (AvgIpc) is 3.04. The molecule has 0 amide bonds. The van der Waals surface area contributed by atoms with E-state index in [1.54, 1.807) is 26.4 Å². The summed E-state index contributed by atoms with van der Waals surface area (Å²) in [6, 6.07) is 13.4. The molecule has 0 atom stereocenters. The van der Waals surface area contributed by atoms with Gasteiger partial charge in [-0.15, -0.1) is 11.3 Å². The first-order chi connectivity index (χ1) is 13.0. The van der Waals surface area contributed by atoms with Gasteiger partial charge in [0.1, 0.15) is 0 Å². The number of nitrogens with zero attached hydrogens (tertiary/aromatic N) is 1. The third-order valence-electron chi connectivity index (χ3n) is 3.97. The molecule has 0 fully saturated rings. The summed E-state index contributed by atoms with van der Waals surface area (Å²) in [4.78, 5) is 16.6. The molecule has 0 aliphatic heterocycles. The molecule has 3 rings (SSSR count). The van der Waals surface area contributed by atoms with Crippen LogP contribution in [0.15, 0.2) is 42.5 Å². The van der Waals surface area contributed by atoms with E-state index in [0.29, 0.717) is 27.2 Å². The lowest BCUT2D eigenvalue weighted by Gasteiger charge is -2.09. The summed E-state index contributed by atoms with van der Waals surface area (Å²) in [6.07, 6.45) is -0.100. The molecule has 1 heterocycles. The van der Waals surface area contributed by atoms with Crippen molar-refractivity contribution in [2.75, 3.05) is 19.5 Å². The first-order valence-corrected chi connectivity index (χ1v) is 9.09. The van der Waals surface area contributed by atoms with Gasteiger partial charge >= 0.3 is 5.97 Å². The van der Waals surface area contributed by atoms with Crippen LogP contribution in [-0.2, 0) is 11.2 Å². The number of aliphatic carboxylic acids is 1. The molecule has 3 aromatic rings. The molecular weight excluding hydrogens is 364 g/mol. The first-order valence-electron chi connectivity index (χ1n) is 8.27. The monoisotopic (exact) mass is 384 g/mol. The summed E-state index contributed by atoms with van der Waals surface area (Å²) in [7, 11) is 3.13. The van der Waals surface area contributed by atoms with Crippen LogP contribution in [0.2, 0.25) is 0 Å². The fourth-order valence-electron chi connectivity index (χ4n) is 2.63. The lowest BCUT2D eigenvalue weighted by atomic mass is 10.1. The minimum atomic E-state index is -0.901. The number of ether oxygens (including phenoxy) is 2. The number of carbonyl (C=O) groups is 1. The number of anilines is 2. The summed E-state index contributed by atoms with van der Waals surface area (Å²) >= 11 is 1.33. The number of aromatic nitrogens is 1. The van der Waals surface area contributed by atoms with Crippen molar-refractivity contribution in [3.05, 3.63) is 52.9 Å². The van der Waals surface area contributed by atoms with Crippen LogP contribution in [0, 0.1) is 6.92 Å². The Morgan fingerprint density at radius 2 is 1.81 bits per heavy atom. The predicted octanol–water partition coefficient (Wildman–Crippen LogP) is 4.51. The Balaban J connectivity index is 1.99. The molecule has 0 unspecified atom stereocenters. The molecule has 140 valence electrons. The van der Waals surface area contributed by atoms with E-state index >= 15 is 0 Å². The molecule has 6 nitrogen and oxygen atoms in total. The molecule has 1 aromatic heterocycles. The number of hydrogen-bond donors (Lipinski definition) is 2. The highest BCUT2D eigenvalue weighted by Gasteiger charge is 2.17. The Morgan fingerprint density at radius 1 is 1.11 bits per heavy atom. The molecule has 2 aromatic carbocycles. The second-order valence-electron chi connectivity index (χ2n) is 5.92. The number of benzene rings is 2. The largest absolute Gasteiger partial charge is 0.493 e. The maximum atomic E-state index is 11.3. The SMILES string of the molecule is COc1ccc(-c2nc(Nc3ccc(C)cc3)sc2CC(=O)O)cc1OC. The molecule has 0 saturated heterocycles. The van der Waals surface area contributed by atoms with Crippen molar-refractivity contribution in [2.45, 2.75) is 13.3 Å². The standard InChI is InChI=1S/C20H20N2O4S/c1-12-4-7-14(8-5-12)21-20-22-19(17(27-20)11-18(23)24)13-6-9-15(25-2)16(10-13)26-3/h4-10H,11H2,1-3H3,(H,21,22)(H,23,24). The van der Waals surface area contributed by atoms with Crippen LogP contribution < -0.4 is 14.8 Å². The van der Waals surface area contributed by atoms with Crippen LogP contribution >= 0.6 is 11.3 Å². The number of hydrogen-bond acceptors (Lipinski definition) is 6. The van der Waals surface area contributed by atoms with Crippen LogP contribution in [0.4, 0.5) is 10.8 Å². The quantitative estimate of drug-likeness (QED) is 0.624. The van der Waals surface area contributed by atoms with E-state index in [0.717, 1.165) is 16.8 Å². The average molecular weight is 384 g/mol. The number of carboxylic acids is 1. The van der Waals surface area contributed by atoms with Crippen LogP contribution in [0.25, 0.3) is 11.3 Å². The van der Waals surface area contributed by atoms with Crippen LogP contribution in [0.1, 0.15) is 10.4 Å². The normalized spacial score (nSPS) is 10.5. The Labute approximate surface area is 161 Å². The molecule has 7 heteroatoms. The first kappa shape index (κ1) is 18.7. The van der Waals surface area contributed by atoms with Gasteiger partial charge < -0.3 is 19.9 Å². The van der Waals surface area contributed by atoms with Gasteiger partial charge in [-0.2, -0.15) is 0 Å². The third kappa shape index (κ3) is 4.38. The van der Waals surface area contributed by atoms with Crippen molar-refractivity contribution in [1.29, 1.82) is 0 Å². The van der Waals surface area contributed by atoms with Crippen LogP contribution in [0.5, 0.6) is 11.5 Å². The molecule has 0 saturated carbocycles. The Kier molecular flexibility index (Phi) is 5.61. The van der Waals surface area contributed by atoms with Crippen molar-refractivity contribution in [3.8, 4) is 22.8 Å². The van der Waals surface area contributed by atoms with Gasteiger partial charge in [-0.1, -0.05) is 17.7 Å². The Morgan fingerprint density at radius 3 is 2.44 bits per heavy atom. The fourth-order valence-corrected chi connectivity index (χ4v) is 3.63. The summed E-state index contributed by atoms with van der Waals surface area (Å²) in [5, 5.41) is 13.1. The van der Waals surface area contributed by atoms with Gasteiger partial charge in [0.05, 0.1) is 26.3 Å². The molecule has 0 bridgehead atoms. The molecule has 0 aliphatic carbocycles. The number of carboxylic acid groups (broad SMARTS) is 1. The van der Waals surface area contributed by atoms with Gasteiger partial charge in [0.2, 0.25) is 0 Å². The predicted molar refractivity (Wildman–Crippen MR) is 106 cm³/mol. The van der Waals surface area contributed by atoms with Crippen molar-refractivity contribution in [3.63, 3.8) is 0 Å². The Hall–Kier alpha value is -3.06. The fraction of sp³-hybridized carbons (Fsp3) is 0.200. The van der Waals surface area contributed by atoms with Crippen molar-refractivity contribution >= 4 is 28.1 Å². The lowest BCUT2D eigenvalue weighted by molar-refractivity contribution is -0.136. The molecule has 0 aliphatic rings. The maximum absolute atomic E-state index is 11.3. The highest BCUT2D eigenvalue weighted by molar-refractivity contribution is 7.16. The minimum Gasteiger partial charge on any atom is -0.493 e. The minimum absolute atomic E-state index is 0.100. The number of methoxy groups -OCH3 is 2. The van der Waals surface area contributed by atoms with Gasteiger partial charge in [0.25, 0.3) is 0 Å². The zero-order valence-corrected chi connectivity index (χ0v) is 16.1. The van der Waals surface area contributed by atoms with Gasteiger partial charge in [-0.05, 0) is 37.3 Å². The van der Waals surface area contributed by atoms with Crippen molar-refractivity contribution < 1.29 is 19.4 Å². The van der Waals surface area contributed by atoms with Gasteiger partial charge in [0.15, 0.2) is 16.6 Å². The number of thiazole rings is 1. The van der Waals surface area contributed by atoms with Crippen LogP contribution in [0.3, 0.4) is 0 Å². The topological polar surface area (TPSA) is 80.7 Å². The van der Waals surface area contributed by atoms with E-state index in [-0.39, 0.29) is 6.42 Å². The smallest absolute Gasteiger partial charge is 0.308 e. The second kappa shape index (κ2) is 8.09. The molecule has 0 spiro atoms. The zero-order chi connectivity index (χ0) is 19.4. The summed E-state index contributed by atoms with van der Waals surface area (Å²) in [5.41, 5.74) is 3.46. The van der Waals surface area contributed by atoms with E-state index in [1.807, 2.05) is 37.3 Å². The zero-order valence-electron chi connectivity index (χ0n) is 15.3. The van der Waals surface area contributed by atoms with E-state index in [2.05, 4.69) is 10.3 Å². The summed E-state index contributed by atoms with van der Waals surface area (Å²) < 4.78 is 10.6. The number of nitrogens with one attached hydrogen (secondary N) is 1. The number of aryl methyl sites for hydroxylation is 1. The van der Waals surface area contributed by atoms with E-state index in [4.69, 9.17) is 9.47 Å². The van der Waals surface area contributed by atoms with E-state index < -0.39 is 5.97 Å². The third-order valence-corrected chi connectivity index (χ3v) is 4.94. The lowest BCUT2D eigenvalue weighted by Crippen LogP contribution is -1.99. The van der Waals surface area contributed by atoms with Gasteiger partial charge in [-0.25, -0.2) is 4.98 Å². The number of rotatable bonds is 7.